The van der Waals surface area contributed by atoms with E-state index in [1.54, 1.807) is 18.2 Å². The number of nitro groups is 1. The SMILES string of the molecule is O=C(COc1ccc(Br)cc1Br)NNC(=S)NC(=O)c1cccc([N+](=O)[O-])c1. The van der Waals surface area contributed by atoms with Gasteiger partial charge in [0.1, 0.15) is 5.75 Å². The molecule has 0 aromatic heterocycles. The number of rotatable bonds is 5. The zero-order valence-corrected chi connectivity index (χ0v) is 17.9. The molecule has 0 heterocycles. The Morgan fingerprint density at radius 2 is 1.89 bits per heavy atom. The fourth-order valence-corrected chi connectivity index (χ4v) is 3.17. The zero-order valence-electron chi connectivity index (χ0n) is 13.9. The molecule has 2 aromatic carbocycles. The van der Waals surface area contributed by atoms with Gasteiger partial charge in [0.2, 0.25) is 0 Å². The summed E-state index contributed by atoms with van der Waals surface area (Å²) in [7, 11) is 0. The number of hydrazine groups is 1. The van der Waals surface area contributed by atoms with Gasteiger partial charge in [-0.15, -0.1) is 0 Å². The number of hydrogen-bond donors (Lipinski definition) is 3. The average Bonchev–Trinajstić information content (AvgIpc) is 2.65. The molecule has 146 valence electrons. The van der Waals surface area contributed by atoms with Crippen LogP contribution in [0.15, 0.2) is 51.4 Å². The summed E-state index contributed by atoms with van der Waals surface area (Å²) in [5.41, 5.74) is 4.44. The van der Waals surface area contributed by atoms with Crippen LogP contribution in [0, 0.1) is 10.1 Å². The third-order valence-electron chi connectivity index (χ3n) is 3.11. The number of nitro benzene ring substituents is 1. The highest BCUT2D eigenvalue weighted by atomic mass is 79.9. The molecule has 0 radical (unpaired) electrons. The van der Waals surface area contributed by atoms with Crippen molar-refractivity contribution >= 4 is 66.7 Å². The molecule has 3 N–H and O–H groups in total. The molecular formula is C16H12Br2N4O5S. The average molecular weight is 532 g/mol. The molecule has 0 aliphatic carbocycles. The Labute approximate surface area is 181 Å². The van der Waals surface area contributed by atoms with Gasteiger partial charge >= 0.3 is 0 Å². The maximum atomic E-state index is 12.0. The first kappa shape index (κ1) is 21.7. The standard InChI is InChI=1S/C16H12Br2N4O5S/c17-10-4-5-13(12(18)7-10)27-8-14(23)20-21-16(28)19-15(24)9-2-1-3-11(6-9)22(25)26/h1-7H,8H2,(H,20,23)(H2,19,21,24,28). The van der Waals surface area contributed by atoms with Gasteiger partial charge in [0.05, 0.1) is 9.40 Å². The maximum absolute atomic E-state index is 12.0. The summed E-state index contributed by atoms with van der Waals surface area (Å²) in [6, 6.07) is 10.4. The van der Waals surface area contributed by atoms with Gasteiger partial charge in [-0.3, -0.25) is 35.9 Å². The van der Waals surface area contributed by atoms with Crippen LogP contribution in [0.5, 0.6) is 5.75 Å². The number of hydrogen-bond acceptors (Lipinski definition) is 6. The maximum Gasteiger partial charge on any atom is 0.276 e. The molecule has 28 heavy (non-hydrogen) atoms. The summed E-state index contributed by atoms with van der Waals surface area (Å²) in [5.74, 6) is -0.729. The fourth-order valence-electron chi connectivity index (χ4n) is 1.87. The van der Waals surface area contributed by atoms with E-state index in [-0.39, 0.29) is 23.0 Å². The van der Waals surface area contributed by atoms with E-state index >= 15 is 0 Å². The van der Waals surface area contributed by atoms with Crippen LogP contribution in [0.4, 0.5) is 5.69 Å². The second-order valence-electron chi connectivity index (χ2n) is 5.13. The molecule has 0 aliphatic rings. The molecule has 0 saturated heterocycles. The number of carbonyl (C=O) groups is 2. The van der Waals surface area contributed by atoms with Crippen molar-refractivity contribution in [1.82, 2.24) is 16.2 Å². The van der Waals surface area contributed by atoms with Gasteiger partial charge in [0.25, 0.3) is 17.5 Å². The van der Waals surface area contributed by atoms with E-state index in [1.165, 1.54) is 18.2 Å². The summed E-state index contributed by atoms with van der Waals surface area (Å²) in [5, 5.41) is 12.9. The lowest BCUT2D eigenvalue weighted by atomic mass is 10.2. The molecular weight excluding hydrogens is 520 g/mol. The number of thiocarbonyl (C=S) groups is 1. The van der Waals surface area contributed by atoms with Crippen molar-refractivity contribution in [3.05, 3.63) is 67.1 Å². The lowest BCUT2D eigenvalue weighted by Crippen LogP contribution is -2.49. The van der Waals surface area contributed by atoms with E-state index in [1.807, 2.05) is 0 Å². The number of nitrogens with one attached hydrogen (secondary N) is 3. The molecule has 0 spiro atoms. The summed E-state index contributed by atoms with van der Waals surface area (Å²) >= 11 is 11.5. The number of amides is 2. The number of nitrogens with zero attached hydrogens (tertiary/aromatic N) is 1. The normalized spacial score (nSPS) is 9.93. The molecule has 12 heteroatoms. The van der Waals surface area contributed by atoms with Crippen LogP contribution in [-0.2, 0) is 4.79 Å². The summed E-state index contributed by atoms with van der Waals surface area (Å²) in [4.78, 5) is 34.0. The van der Waals surface area contributed by atoms with Crippen LogP contribution in [0.1, 0.15) is 10.4 Å². The van der Waals surface area contributed by atoms with E-state index in [0.717, 1.165) is 10.5 Å². The largest absolute Gasteiger partial charge is 0.483 e. The molecule has 0 aliphatic heterocycles. The van der Waals surface area contributed by atoms with Crippen molar-refractivity contribution in [2.45, 2.75) is 0 Å². The van der Waals surface area contributed by atoms with E-state index in [4.69, 9.17) is 17.0 Å². The quantitative estimate of drug-likeness (QED) is 0.308. The third kappa shape index (κ3) is 6.55. The van der Waals surface area contributed by atoms with Crippen molar-refractivity contribution in [3.8, 4) is 5.75 Å². The molecule has 2 amide bonds. The van der Waals surface area contributed by atoms with Gasteiger partial charge in [-0.1, -0.05) is 22.0 Å². The Balaban J connectivity index is 1.80. The van der Waals surface area contributed by atoms with Crippen molar-refractivity contribution < 1.29 is 19.2 Å². The Bertz CT molecular complexity index is 941. The van der Waals surface area contributed by atoms with Crippen LogP contribution in [0.25, 0.3) is 0 Å². The first-order valence-electron chi connectivity index (χ1n) is 7.48. The highest BCUT2D eigenvalue weighted by Crippen LogP contribution is 2.28. The van der Waals surface area contributed by atoms with Crippen molar-refractivity contribution in [3.63, 3.8) is 0 Å². The number of halogens is 2. The van der Waals surface area contributed by atoms with Crippen LogP contribution in [0.2, 0.25) is 0 Å². The summed E-state index contributed by atoms with van der Waals surface area (Å²) in [6.07, 6.45) is 0. The summed E-state index contributed by atoms with van der Waals surface area (Å²) < 4.78 is 6.88. The zero-order chi connectivity index (χ0) is 20.7. The number of ether oxygens (including phenoxy) is 1. The first-order chi connectivity index (χ1) is 13.3. The molecule has 0 atom stereocenters. The molecule has 0 saturated carbocycles. The molecule has 0 fully saturated rings. The first-order valence-corrected chi connectivity index (χ1v) is 9.48. The minimum atomic E-state index is -0.662. The van der Waals surface area contributed by atoms with Crippen LogP contribution in [-0.4, -0.2) is 28.5 Å². The number of carbonyl (C=O) groups excluding carboxylic acids is 2. The van der Waals surface area contributed by atoms with E-state index in [0.29, 0.717) is 10.2 Å². The molecule has 2 aromatic rings. The Hall–Kier alpha value is -2.57. The predicted octanol–water partition coefficient (Wildman–Crippen LogP) is 2.83. The smallest absolute Gasteiger partial charge is 0.276 e. The van der Waals surface area contributed by atoms with Gasteiger partial charge in [0, 0.05) is 22.2 Å². The van der Waals surface area contributed by atoms with Gasteiger partial charge in [-0.25, -0.2) is 0 Å². The predicted molar refractivity (Wildman–Crippen MR) is 112 cm³/mol. The topological polar surface area (TPSA) is 123 Å². The minimum Gasteiger partial charge on any atom is -0.483 e. The van der Waals surface area contributed by atoms with Crippen molar-refractivity contribution in [1.29, 1.82) is 0 Å². The van der Waals surface area contributed by atoms with Crippen LogP contribution >= 0.6 is 44.1 Å². The highest BCUT2D eigenvalue weighted by molar-refractivity contribution is 9.11. The number of non-ortho nitro benzene ring substituents is 1. The fraction of sp³-hybridized carbons (Fsp3) is 0.0625. The second kappa shape index (κ2) is 10.1. The Morgan fingerprint density at radius 1 is 1.14 bits per heavy atom. The van der Waals surface area contributed by atoms with E-state index in [2.05, 4.69) is 48.0 Å². The van der Waals surface area contributed by atoms with Gasteiger partial charge in [-0.2, -0.15) is 0 Å². The molecule has 0 bridgehead atoms. The molecule has 2 rings (SSSR count). The molecule has 0 unspecified atom stereocenters. The molecule has 9 nitrogen and oxygen atoms in total. The van der Waals surface area contributed by atoms with Gasteiger partial charge < -0.3 is 4.74 Å². The highest BCUT2D eigenvalue weighted by Gasteiger charge is 2.13. The monoisotopic (exact) mass is 530 g/mol. The second-order valence-corrected chi connectivity index (χ2v) is 7.31. The van der Waals surface area contributed by atoms with Crippen molar-refractivity contribution in [2.75, 3.05) is 6.61 Å². The summed E-state index contributed by atoms with van der Waals surface area (Å²) in [6.45, 7) is -0.297. The number of benzene rings is 2. The lowest BCUT2D eigenvalue weighted by Gasteiger charge is -2.12. The van der Waals surface area contributed by atoms with Crippen LogP contribution < -0.4 is 20.9 Å². The van der Waals surface area contributed by atoms with E-state index < -0.39 is 16.7 Å². The third-order valence-corrected chi connectivity index (χ3v) is 4.43. The van der Waals surface area contributed by atoms with Gasteiger partial charge in [0.15, 0.2) is 11.7 Å². The lowest BCUT2D eigenvalue weighted by molar-refractivity contribution is -0.384. The van der Waals surface area contributed by atoms with Gasteiger partial charge in [-0.05, 0) is 52.4 Å². The Kier molecular flexibility index (Phi) is 7.84. The van der Waals surface area contributed by atoms with Crippen molar-refractivity contribution in [2.24, 2.45) is 0 Å². The van der Waals surface area contributed by atoms with Crippen LogP contribution in [0.3, 0.4) is 0 Å². The minimum absolute atomic E-state index is 0.0492. The van der Waals surface area contributed by atoms with E-state index in [9.17, 15) is 19.7 Å². The Morgan fingerprint density at radius 3 is 2.57 bits per heavy atom.